The molecule has 0 saturated carbocycles. The van der Waals surface area contributed by atoms with Crippen LogP contribution >= 0.6 is 11.6 Å². The number of aromatic nitrogens is 1. The second-order valence-corrected chi connectivity index (χ2v) is 5.88. The molecule has 1 aromatic heterocycles. The number of anilines is 1. The highest BCUT2D eigenvalue weighted by molar-refractivity contribution is 6.30. The van der Waals surface area contributed by atoms with E-state index in [1.165, 1.54) is 0 Å². The fourth-order valence-corrected chi connectivity index (χ4v) is 2.72. The number of benzene rings is 1. The normalized spacial score (nSPS) is 15.2. The molecule has 0 unspecified atom stereocenters. The lowest BCUT2D eigenvalue weighted by molar-refractivity contribution is -0.364. The molecule has 1 aromatic carbocycles. The maximum atomic E-state index is 12.3. The van der Waals surface area contributed by atoms with E-state index in [-0.39, 0.29) is 5.91 Å². The third-order valence-electron chi connectivity index (χ3n) is 3.91. The number of halogens is 1. The fourth-order valence-electron chi connectivity index (χ4n) is 2.60. The summed E-state index contributed by atoms with van der Waals surface area (Å²) in [6.45, 7) is 3.13. The minimum atomic E-state index is 0.0524. The molecule has 2 aromatic rings. The average Bonchev–Trinajstić information content (AvgIpc) is 2.62. The van der Waals surface area contributed by atoms with Gasteiger partial charge in [-0.1, -0.05) is 29.8 Å². The van der Waals surface area contributed by atoms with E-state index in [4.69, 9.17) is 11.6 Å². The van der Waals surface area contributed by atoms with Crippen molar-refractivity contribution in [1.82, 2.24) is 4.90 Å². The number of hydrogen-bond acceptors (Lipinski definition) is 2. The van der Waals surface area contributed by atoms with Gasteiger partial charge >= 0.3 is 0 Å². The molecule has 1 aliphatic heterocycles. The lowest BCUT2D eigenvalue weighted by Crippen LogP contribution is -2.49. The monoisotopic (exact) mass is 328 g/mol. The quantitative estimate of drug-likeness (QED) is 0.812. The molecule has 4 nitrogen and oxygen atoms in total. The fraction of sp³-hybridized carbons (Fsp3) is 0.222. The number of pyridine rings is 1. The first-order valence-electron chi connectivity index (χ1n) is 7.66. The number of nitrogens with zero attached hydrogens (tertiary/aromatic N) is 2. The Labute approximate surface area is 141 Å². The molecule has 0 bridgehead atoms. The molecule has 1 aliphatic rings. The summed E-state index contributed by atoms with van der Waals surface area (Å²) < 4.78 is 0. The molecule has 0 atom stereocenters. The van der Waals surface area contributed by atoms with Crippen molar-refractivity contribution in [2.24, 2.45) is 0 Å². The Morgan fingerprint density at radius 1 is 1.04 bits per heavy atom. The van der Waals surface area contributed by atoms with E-state index in [0.29, 0.717) is 5.02 Å². The SMILES string of the molecule is O=C(/C=C/c1ccc(Cl)cc1)N1CCN(c2cccc[nH+]2)CC1. The smallest absolute Gasteiger partial charge is 0.274 e. The highest BCUT2D eigenvalue weighted by atomic mass is 35.5. The third kappa shape index (κ3) is 4.11. The van der Waals surface area contributed by atoms with Crippen LogP contribution < -0.4 is 9.88 Å². The topological polar surface area (TPSA) is 37.7 Å². The van der Waals surface area contributed by atoms with Crippen molar-refractivity contribution in [2.45, 2.75) is 0 Å². The van der Waals surface area contributed by atoms with E-state index in [0.717, 1.165) is 37.6 Å². The zero-order chi connectivity index (χ0) is 16.1. The summed E-state index contributed by atoms with van der Waals surface area (Å²) in [7, 11) is 0. The summed E-state index contributed by atoms with van der Waals surface area (Å²) >= 11 is 5.85. The molecule has 1 amide bonds. The number of amides is 1. The average molecular weight is 329 g/mol. The van der Waals surface area contributed by atoms with Gasteiger partial charge in [-0.2, -0.15) is 0 Å². The van der Waals surface area contributed by atoms with Gasteiger partial charge in [0.2, 0.25) is 5.91 Å². The number of rotatable bonds is 3. The molecule has 2 heterocycles. The van der Waals surface area contributed by atoms with Gasteiger partial charge in [0.05, 0.1) is 19.3 Å². The summed E-state index contributed by atoms with van der Waals surface area (Å²) in [6, 6.07) is 13.5. The van der Waals surface area contributed by atoms with E-state index < -0.39 is 0 Å². The molecule has 1 saturated heterocycles. The van der Waals surface area contributed by atoms with Crippen LogP contribution in [0, 0.1) is 0 Å². The number of hydrogen-bond donors (Lipinski definition) is 0. The molecular weight excluding hydrogens is 310 g/mol. The standard InChI is InChI=1S/C18H18ClN3O/c19-16-7-4-15(5-8-16)6-9-18(23)22-13-11-21(12-14-22)17-3-1-2-10-20-17/h1-10H,11-14H2/p+1/b9-6+. The Morgan fingerprint density at radius 2 is 1.78 bits per heavy atom. The van der Waals surface area contributed by atoms with Crippen LogP contribution in [0.5, 0.6) is 0 Å². The zero-order valence-corrected chi connectivity index (χ0v) is 13.5. The Balaban J connectivity index is 1.55. The van der Waals surface area contributed by atoms with E-state index in [9.17, 15) is 4.79 Å². The summed E-state index contributed by atoms with van der Waals surface area (Å²) in [5.41, 5.74) is 0.972. The molecular formula is C18H19ClN3O+. The Kier molecular flexibility index (Phi) is 4.93. The van der Waals surface area contributed by atoms with Gasteiger partial charge in [0.25, 0.3) is 5.82 Å². The van der Waals surface area contributed by atoms with Gasteiger partial charge in [-0.05, 0) is 29.8 Å². The Morgan fingerprint density at radius 3 is 2.43 bits per heavy atom. The van der Waals surface area contributed by atoms with Crippen LogP contribution in [-0.2, 0) is 4.79 Å². The summed E-state index contributed by atoms with van der Waals surface area (Å²) in [6.07, 6.45) is 5.38. The lowest BCUT2D eigenvalue weighted by atomic mass is 10.2. The first kappa shape index (κ1) is 15.6. The van der Waals surface area contributed by atoms with Gasteiger partial charge in [-0.25, -0.2) is 4.98 Å². The van der Waals surface area contributed by atoms with Crippen molar-refractivity contribution in [1.29, 1.82) is 0 Å². The van der Waals surface area contributed by atoms with Crippen molar-refractivity contribution < 1.29 is 9.78 Å². The molecule has 1 N–H and O–H groups in total. The van der Waals surface area contributed by atoms with Crippen LogP contribution in [0.15, 0.2) is 54.7 Å². The van der Waals surface area contributed by atoms with Crippen molar-refractivity contribution >= 4 is 29.4 Å². The molecule has 0 spiro atoms. The first-order valence-corrected chi connectivity index (χ1v) is 8.04. The molecule has 5 heteroatoms. The molecule has 1 fully saturated rings. The third-order valence-corrected chi connectivity index (χ3v) is 4.17. The summed E-state index contributed by atoms with van der Waals surface area (Å²) in [5, 5.41) is 0.697. The minimum absolute atomic E-state index is 0.0524. The second-order valence-electron chi connectivity index (χ2n) is 5.45. The van der Waals surface area contributed by atoms with Gasteiger partial charge in [-0.3, -0.25) is 9.69 Å². The lowest BCUT2D eigenvalue weighted by Gasteiger charge is -2.30. The zero-order valence-electron chi connectivity index (χ0n) is 12.8. The number of carbonyl (C=O) groups excluding carboxylic acids is 1. The molecule has 23 heavy (non-hydrogen) atoms. The van der Waals surface area contributed by atoms with Crippen molar-refractivity contribution in [3.05, 3.63) is 65.3 Å². The van der Waals surface area contributed by atoms with E-state index in [1.807, 2.05) is 53.6 Å². The largest absolute Gasteiger partial charge is 0.331 e. The molecule has 0 radical (unpaired) electrons. The maximum absolute atomic E-state index is 12.3. The van der Waals surface area contributed by atoms with Gasteiger partial charge in [0, 0.05) is 17.2 Å². The second kappa shape index (κ2) is 7.29. The molecule has 118 valence electrons. The number of aromatic amines is 1. The summed E-state index contributed by atoms with van der Waals surface area (Å²) in [4.78, 5) is 19.6. The van der Waals surface area contributed by atoms with Crippen LogP contribution in [-0.4, -0.2) is 37.0 Å². The van der Waals surface area contributed by atoms with E-state index in [1.54, 1.807) is 6.08 Å². The van der Waals surface area contributed by atoms with Crippen LogP contribution in [0.25, 0.3) is 6.08 Å². The highest BCUT2D eigenvalue weighted by Crippen LogP contribution is 2.12. The van der Waals surface area contributed by atoms with Gasteiger partial charge in [-0.15, -0.1) is 0 Å². The first-order chi connectivity index (χ1) is 11.2. The van der Waals surface area contributed by atoms with E-state index >= 15 is 0 Å². The maximum Gasteiger partial charge on any atom is 0.274 e. The minimum Gasteiger partial charge on any atom is -0.331 e. The van der Waals surface area contributed by atoms with Crippen molar-refractivity contribution in [3.63, 3.8) is 0 Å². The van der Waals surface area contributed by atoms with E-state index in [2.05, 4.69) is 16.0 Å². The van der Waals surface area contributed by atoms with Crippen LogP contribution in [0.4, 0.5) is 5.82 Å². The van der Waals surface area contributed by atoms with Gasteiger partial charge in [0.15, 0.2) is 0 Å². The Hall–Kier alpha value is -2.33. The van der Waals surface area contributed by atoms with Gasteiger partial charge in [0.1, 0.15) is 13.1 Å². The predicted octanol–water partition coefficient (Wildman–Crippen LogP) is 2.52. The number of carbonyl (C=O) groups is 1. The predicted molar refractivity (Wildman–Crippen MR) is 92.3 cm³/mol. The number of piperazine rings is 1. The van der Waals surface area contributed by atoms with Crippen molar-refractivity contribution in [2.75, 3.05) is 31.1 Å². The highest BCUT2D eigenvalue weighted by Gasteiger charge is 2.24. The molecule has 0 aliphatic carbocycles. The number of H-pyrrole nitrogens is 1. The van der Waals surface area contributed by atoms with Crippen LogP contribution in [0.1, 0.15) is 5.56 Å². The van der Waals surface area contributed by atoms with Crippen molar-refractivity contribution in [3.8, 4) is 0 Å². The number of nitrogens with one attached hydrogen (secondary N) is 1. The van der Waals surface area contributed by atoms with Crippen LogP contribution in [0.2, 0.25) is 5.02 Å². The molecule has 3 rings (SSSR count). The van der Waals surface area contributed by atoms with Crippen LogP contribution in [0.3, 0.4) is 0 Å². The van der Waals surface area contributed by atoms with Gasteiger partial charge < -0.3 is 4.90 Å². The summed E-state index contributed by atoms with van der Waals surface area (Å²) in [5.74, 6) is 1.15. The Bertz CT molecular complexity index is 677.